The summed E-state index contributed by atoms with van der Waals surface area (Å²) < 4.78 is 8.36. The van der Waals surface area contributed by atoms with Crippen molar-refractivity contribution >= 4 is 161 Å². The second-order valence-corrected chi connectivity index (χ2v) is 15.1. The third-order valence-electron chi connectivity index (χ3n) is 4.94. The van der Waals surface area contributed by atoms with Gasteiger partial charge in [0.25, 0.3) is 0 Å². The molecule has 0 aliphatic carbocycles. The molecular weight excluding hydrogens is 1860 g/mol. The Hall–Kier alpha value is -21.2. The first kappa shape index (κ1) is 194. The summed E-state index contributed by atoms with van der Waals surface area (Å²) in [6.45, 7) is 78.1. The fourth-order valence-corrected chi connectivity index (χ4v) is 0.285. The molecule has 137 heavy (non-hydrogen) atoms. The lowest BCUT2D eigenvalue weighted by atomic mass is 10.7. The van der Waals surface area contributed by atoms with Crippen LogP contribution in [0.2, 0.25) is 0 Å². The Labute approximate surface area is 780 Å². The van der Waals surface area contributed by atoms with Crippen LogP contribution >= 0.6 is 0 Å². The van der Waals surface area contributed by atoms with Gasteiger partial charge in [-0.05, 0) is 13.8 Å². The molecule has 0 spiro atoms. The zero-order chi connectivity index (χ0) is 117. The van der Waals surface area contributed by atoms with Crippen molar-refractivity contribution in [1.29, 1.82) is 0 Å². The highest BCUT2D eigenvalue weighted by Crippen LogP contribution is 1.69. The lowest BCUT2D eigenvalue weighted by Gasteiger charge is -1.89. The molecule has 0 aromatic heterocycles. The molecule has 0 aliphatic heterocycles. The van der Waals surface area contributed by atoms with E-state index in [2.05, 4.69) is 185 Å². The van der Waals surface area contributed by atoms with Gasteiger partial charge >= 0.3 is 161 Å². The average Bonchev–Trinajstić information content (AvgIpc) is 1.18. The minimum Gasteiger partial charge on any atom is -0.478 e. The number of hydrogen-bond acceptors (Lipinski definition) is 29. The zero-order valence-electron chi connectivity index (χ0n) is 73.2. The van der Waals surface area contributed by atoms with E-state index in [9.17, 15) is 129 Å². The fourth-order valence-electron chi connectivity index (χ4n) is 0.285. The first-order valence-electron chi connectivity index (χ1n) is 31.5. The minimum atomic E-state index is -0.981. The molecule has 0 rings (SSSR count). The molecule has 0 atom stereocenters. The highest BCUT2D eigenvalue weighted by atomic mass is 16.6. The van der Waals surface area contributed by atoms with Crippen molar-refractivity contribution in [2.24, 2.45) is 11.5 Å². The van der Waals surface area contributed by atoms with Gasteiger partial charge in [0, 0.05) is 152 Å². The molecule has 0 bridgehead atoms. The summed E-state index contributed by atoms with van der Waals surface area (Å²) in [7, 11) is 0. The van der Waals surface area contributed by atoms with Crippen LogP contribution in [0.4, 0.5) is 9.59 Å². The van der Waals surface area contributed by atoms with Gasteiger partial charge in [-0.2, -0.15) is 0 Å². The van der Waals surface area contributed by atoms with E-state index in [1.807, 2.05) is 0 Å². The number of amides is 2. The van der Waals surface area contributed by atoms with Crippen LogP contribution in [0, 0.1) is 0 Å². The lowest BCUT2D eigenvalue weighted by Crippen LogP contribution is -2.11. The van der Waals surface area contributed by atoms with Gasteiger partial charge in [0.2, 0.25) is 0 Å². The Bertz CT molecular complexity index is 2740. The Kier molecular flexibility index (Phi) is 266. The molecule has 2 amide bonds. The van der Waals surface area contributed by atoms with Crippen molar-refractivity contribution in [1.82, 2.24) is 0 Å². The van der Waals surface area contributed by atoms with E-state index in [-0.39, 0.29) is 0 Å². The normalized spacial score (nSPS) is 6.50. The van der Waals surface area contributed by atoms with E-state index in [1.165, 1.54) is 0 Å². The summed E-state index contributed by atoms with van der Waals surface area (Å²) in [5.41, 5.74) is 9.08. The van der Waals surface area contributed by atoms with Crippen LogP contribution in [0.1, 0.15) is 13.8 Å². The van der Waals surface area contributed by atoms with Crippen LogP contribution in [-0.2, 0) is 129 Å². The van der Waals surface area contributed by atoms with Gasteiger partial charge in [-0.25, -0.2) is 129 Å². The standard InChI is InChI=1S/2C3H7NO2.25C3H4O2/c2*1-2-6-3(4)5;25*1-2-3(4)5/h2*2H2,1H3,(H2,4,5);25*2H,1H2,(H,4,5). The van der Waals surface area contributed by atoms with E-state index in [0.29, 0.717) is 13.2 Å². The maximum atomic E-state index is 9.60. The number of carboxylic acid groups (broad SMARTS) is 25. The van der Waals surface area contributed by atoms with Gasteiger partial charge in [0.05, 0.1) is 13.2 Å². The van der Waals surface area contributed by atoms with Gasteiger partial charge < -0.3 is 149 Å². The average molecular weight is 1980 g/mol. The Morgan fingerprint density at radius 2 is 0.168 bits per heavy atom. The highest BCUT2D eigenvalue weighted by molar-refractivity contribution is 5.86. The van der Waals surface area contributed by atoms with Gasteiger partial charge in [0.15, 0.2) is 0 Å². The number of carbonyl (C=O) groups excluding carboxylic acids is 2. The van der Waals surface area contributed by atoms with Crippen LogP contribution < -0.4 is 11.5 Å². The van der Waals surface area contributed by atoms with Crippen LogP contribution in [-0.4, -0.2) is 302 Å². The van der Waals surface area contributed by atoms with E-state index in [1.54, 1.807) is 13.8 Å². The quantitative estimate of drug-likeness (QED) is 0.0384. The predicted molar refractivity (Wildman–Crippen MR) is 488 cm³/mol. The van der Waals surface area contributed by atoms with E-state index >= 15 is 0 Å². The molecule has 0 saturated carbocycles. The summed E-state index contributed by atoms with van der Waals surface area (Å²) >= 11 is 0. The molecule has 0 aromatic rings. The molecule has 0 unspecified atom stereocenters. The molecule has 56 heteroatoms. The second kappa shape index (κ2) is 189. The third kappa shape index (κ3) is 1210. The Balaban J connectivity index is -0.0000000367. The van der Waals surface area contributed by atoms with Gasteiger partial charge in [-0.1, -0.05) is 164 Å². The topological polar surface area (TPSA) is 1040 Å². The molecule has 29 N–H and O–H groups in total. The summed E-state index contributed by atoms with van der Waals surface area (Å²) in [5.74, 6) is -24.5. The smallest absolute Gasteiger partial charge is 0.404 e. The predicted octanol–water partition coefficient (Wildman–Crippen LogP) is 6.63. The number of nitrogens with two attached hydrogens (primary N) is 2. The molecule has 772 valence electrons. The summed E-state index contributed by atoms with van der Waals surface area (Å²) in [4.78, 5) is 250. The number of rotatable bonds is 27. The maximum Gasteiger partial charge on any atom is 0.404 e. The molecule has 56 nitrogen and oxygen atoms in total. The molecule has 0 aromatic carbocycles. The summed E-state index contributed by atoms with van der Waals surface area (Å²) in [6, 6.07) is 0. The molecule has 0 radical (unpaired) electrons. The monoisotopic (exact) mass is 1980 g/mol. The molecule has 0 saturated heterocycles. The number of carboxylic acids is 25. The number of carbonyl (C=O) groups is 27. The molecular formula is C81H114N2O54. The SMILES string of the molecule is C=CC(=O)O.C=CC(=O)O.C=CC(=O)O.C=CC(=O)O.C=CC(=O)O.C=CC(=O)O.C=CC(=O)O.C=CC(=O)O.C=CC(=O)O.C=CC(=O)O.C=CC(=O)O.C=CC(=O)O.C=CC(=O)O.C=CC(=O)O.C=CC(=O)O.C=CC(=O)O.C=CC(=O)O.C=CC(=O)O.C=CC(=O)O.C=CC(=O)O.C=CC(=O)O.C=CC(=O)O.C=CC(=O)O.C=CC(=O)O.C=CC(=O)O.CCOC(N)=O.CCOC(N)=O. The maximum absolute atomic E-state index is 9.60. The van der Waals surface area contributed by atoms with E-state index < -0.39 is 161 Å². The largest absolute Gasteiger partial charge is 0.478 e. The Morgan fingerprint density at radius 1 is 0.139 bits per heavy atom. The van der Waals surface area contributed by atoms with Crippen molar-refractivity contribution in [2.45, 2.75) is 13.8 Å². The Morgan fingerprint density at radius 3 is 0.168 bits per heavy atom. The zero-order valence-corrected chi connectivity index (χ0v) is 73.2. The van der Waals surface area contributed by atoms with Crippen LogP contribution in [0.15, 0.2) is 316 Å². The van der Waals surface area contributed by atoms with Crippen molar-refractivity contribution in [3.63, 3.8) is 0 Å². The van der Waals surface area contributed by atoms with Gasteiger partial charge in [-0.3, -0.25) is 0 Å². The molecule has 0 aliphatic rings. The van der Waals surface area contributed by atoms with Gasteiger partial charge in [0.1, 0.15) is 0 Å². The summed E-state index contributed by atoms with van der Waals surface area (Å²) in [5, 5.41) is 190. The first-order valence-corrected chi connectivity index (χ1v) is 31.5. The second-order valence-electron chi connectivity index (χ2n) is 15.1. The van der Waals surface area contributed by atoms with Crippen molar-refractivity contribution in [3.05, 3.63) is 316 Å². The number of hydrogen-bond donors (Lipinski definition) is 27. The lowest BCUT2D eigenvalue weighted by molar-refractivity contribution is -0.132. The third-order valence-corrected chi connectivity index (χ3v) is 4.94. The molecule has 0 fully saturated rings. The van der Waals surface area contributed by atoms with Crippen LogP contribution in [0.3, 0.4) is 0 Å². The van der Waals surface area contributed by atoms with Crippen molar-refractivity contribution in [3.8, 4) is 0 Å². The van der Waals surface area contributed by atoms with Crippen LogP contribution in [0.25, 0.3) is 0 Å². The van der Waals surface area contributed by atoms with E-state index in [0.717, 1.165) is 152 Å². The minimum absolute atomic E-state index is 0.356. The van der Waals surface area contributed by atoms with E-state index in [4.69, 9.17) is 128 Å². The number of ether oxygens (including phenoxy) is 2. The molecule has 0 heterocycles. The number of aliphatic carboxylic acids is 25. The fraction of sp³-hybridized carbons (Fsp3) is 0.0494. The first-order chi connectivity index (χ1) is 62.3. The van der Waals surface area contributed by atoms with Gasteiger partial charge in [-0.15, -0.1) is 0 Å². The van der Waals surface area contributed by atoms with Crippen LogP contribution in [0.5, 0.6) is 0 Å². The van der Waals surface area contributed by atoms with Crippen molar-refractivity contribution < 1.29 is 267 Å². The summed E-state index contributed by atoms with van der Waals surface area (Å²) in [6.07, 6.45) is 19.4. The number of primary amides is 2. The van der Waals surface area contributed by atoms with Crippen molar-refractivity contribution in [2.75, 3.05) is 13.2 Å². The highest BCUT2D eigenvalue weighted by Gasteiger charge is 1.86.